The summed E-state index contributed by atoms with van der Waals surface area (Å²) in [6.07, 6.45) is 1.79. The first-order valence-electron chi connectivity index (χ1n) is 8.87. The molecule has 1 unspecified atom stereocenters. The molecule has 4 rings (SSSR count). The van der Waals surface area contributed by atoms with Gasteiger partial charge in [-0.1, -0.05) is 11.3 Å². The topological polar surface area (TPSA) is 87.1 Å². The van der Waals surface area contributed by atoms with Crippen molar-refractivity contribution < 1.29 is 4.79 Å². The van der Waals surface area contributed by atoms with Gasteiger partial charge in [0, 0.05) is 32.4 Å². The SMILES string of the molecule is CC(=O)CNc1nnc(N2CCN(C(C)c3nc4ncccc4s3)CC2)s1. The maximum Gasteiger partial charge on any atom is 0.210 e. The fraction of sp³-hybridized carbons (Fsp3) is 0.471. The van der Waals surface area contributed by atoms with Gasteiger partial charge >= 0.3 is 0 Å². The van der Waals surface area contributed by atoms with E-state index in [0.29, 0.717) is 5.13 Å². The number of carbonyl (C=O) groups is 1. The lowest BCUT2D eigenvalue weighted by Gasteiger charge is -2.37. The summed E-state index contributed by atoms with van der Waals surface area (Å²) in [5.41, 5.74) is 0.836. The van der Waals surface area contributed by atoms with Crippen LogP contribution >= 0.6 is 22.7 Å². The predicted molar refractivity (Wildman–Crippen MR) is 109 cm³/mol. The van der Waals surface area contributed by atoms with Crippen LogP contribution in [0, 0.1) is 0 Å². The standard InChI is InChI=1S/C17H21N7OS2/c1-11(25)10-19-16-21-22-17(27-16)24-8-6-23(7-9-24)12(2)15-20-14-13(26-15)4-3-5-18-14/h3-5,12H,6-10H2,1-2H3,(H,19,21). The molecule has 1 fully saturated rings. The van der Waals surface area contributed by atoms with Crippen LogP contribution in [0.5, 0.6) is 0 Å². The van der Waals surface area contributed by atoms with Gasteiger partial charge < -0.3 is 10.2 Å². The summed E-state index contributed by atoms with van der Waals surface area (Å²) in [6.45, 7) is 7.74. The fourth-order valence-electron chi connectivity index (χ4n) is 3.04. The number of nitrogens with zero attached hydrogens (tertiary/aromatic N) is 6. The zero-order valence-corrected chi connectivity index (χ0v) is 16.9. The number of pyridine rings is 1. The smallest absolute Gasteiger partial charge is 0.210 e. The van der Waals surface area contributed by atoms with Crippen molar-refractivity contribution in [2.24, 2.45) is 0 Å². The number of rotatable bonds is 6. The fourth-order valence-corrected chi connectivity index (χ4v) is 4.84. The Morgan fingerprint density at radius 3 is 2.81 bits per heavy atom. The van der Waals surface area contributed by atoms with E-state index in [-0.39, 0.29) is 18.4 Å². The lowest BCUT2D eigenvalue weighted by atomic mass is 10.2. The van der Waals surface area contributed by atoms with E-state index in [1.807, 2.05) is 6.07 Å². The second-order valence-corrected chi connectivity index (χ2v) is 8.54. The first-order valence-corrected chi connectivity index (χ1v) is 10.5. The molecule has 1 atom stereocenters. The van der Waals surface area contributed by atoms with Crippen molar-refractivity contribution in [1.29, 1.82) is 0 Å². The maximum atomic E-state index is 11.1. The lowest BCUT2D eigenvalue weighted by molar-refractivity contribution is -0.115. The van der Waals surface area contributed by atoms with Crippen LogP contribution in [0.15, 0.2) is 18.3 Å². The lowest BCUT2D eigenvalue weighted by Crippen LogP contribution is -2.47. The second kappa shape index (κ2) is 7.83. The number of carbonyl (C=O) groups excluding carboxylic acids is 1. The number of fused-ring (bicyclic) bond motifs is 1. The number of hydrogen-bond acceptors (Lipinski definition) is 10. The number of anilines is 2. The Kier molecular flexibility index (Phi) is 5.28. The third-order valence-corrected chi connectivity index (χ3v) is 6.70. The minimum absolute atomic E-state index is 0.0828. The molecular formula is C17H21N7OS2. The van der Waals surface area contributed by atoms with E-state index in [2.05, 4.69) is 43.3 Å². The molecule has 0 bridgehead atoms. The number of thiazole rings is 1. The van der Waals surface area contributed by atoms with Gasteiger partial charge in [-0.05, 0) is 26.0 Å². The van der Waals surface area contributed by atoms with Gasteiger partial charge in [-0.3, -0.25) is 9.69 Å². The molecule has 1 N–H and O–H groups in total. The van der Waals surface area contributed by atoms with Crippen molar-refractivity contribution in [3.8, 4) is 0 Å². The van der Waals surface area contributed by atoms with Crippen LogP contribution < -0.4 is 10.2 Å². The number of nitrogens with one attached hydrogen (secondary N) is 1. The van der Waals surface area contributed by atoms with Gasteiger partial charge in [0.05, 0.1) is 17.3 Å². The first-order chi connectivity index (χ1) is 13.1. The Bertz CT molecular complexity index is 899. The summed E-state index contributed by atoms with van der Waals surface area (Å²) in [7, 11) is 0. The Labute approximate surface area is 165 Å². The van der Waals surface area contributed by atoms with Crippen LogP contribution in [0.2, 0.25) is 0 Å². The van der Waals surface area contributed by atoms with Crippen molar-refractivity contribution in [3.05, 3.63) is 23.3 Å². The molecule has 0 amide bonds. The van der Waals surface area contributed by atoms with Crippen LogP contribution in [0.1, 0.15) is 24.9 Å². The molecule has 0 radical (unpaired) electrons. The van der Waals surface area contributed by atoms with Crippen LogP contribution in [0.25, 0.3) is 10.3 Å². The van der Waals surface area contributed by atoms with E-state index in [0.717, 1.165) is 46.7 Å². The van der Waals surface area contributed by atoms with E-state index in [4.69, 9.17) is 4.98 Å². The van der Waals surface area contributed by atoms with Gasteiger partial charge in [0.1, 0.15) is 10.8 Å². The molecule has 8 nitrogen and oxygen atoms in total. The highest BCUT2D eigenvalue weighted by atomic mass is 32.1. The Hall–Kier alpha value is -2.17. The number of hydrogen-bond donors (Lipinski definition) is 1. The van der Waals surface area contributed by atoms with E-state index < -0.39 is 0 Å². The number of aromatic nitrogens is 4. The molecule has 3 aromatic rings. The van der Waals surface area contributed by atoms with Crippen molar-refractivity contribution in [2.45, 2.75) is 19.9 Å². The molecule has 142 valence electrons. The molecule has 0 saturated carbocycles. The Balaban J connectivity index is 1.36. The summed E-state index contributed by atoms with van der Waals surface area (Å²) in [5.74, 6) is 0.0828. The van der Waals surface area contributed by atoms with Crippen molar-refractivity contribution in [2.75, 3.05) is 42.9 Å². The second-order valence-electron chi connectivity index (χ2n) is 6.52. The largest absolute Gasteiger partial charge is 0.353 e. The van der Waals surface area contributed by atoms with Crippen molar-refractivity contribution in [1.82, 2.24) is 25.1 Å². The van der Waals surface area contributed by atoms with Crippen LogP contribution in [0.4, 0.5) is 10.3 Å². The maximum absolute atomic E-state index is 11.1. The molecule has 3 aromatic heterocycles. The summed E-state index contributed by atoms with van der Waals surface area (Å²) < 4.78 is 1.14. The Morgan fingerprint density at radius 2 is 2.07 bits per heavy atom. The van der Waals surface area contributed by atoms with Gasteiger partial charge in [-0.2, -0.15) is 0 Å². The molecule has 1 aliphatic heterocycles. The molecule has 0 aromatic carbocycles. The highest BCUT2D eigenvalue weighted by Crippen LogP contribution is 2.30. The number of ketones is 1. The van der Waals surface area contributed by atoms with E-state index in [1.54, 1.807) is 24.5 Å². The summed E-state index contributed by atoms with van der Waals surface area (Å²) >= 11 is 3.22. The van der Waals surface area contributed by atoms with E-state index in [1.165, 1.54) is 11.3 Å². The van der Waals surface area contributed by atoms with Crippen LogP contribution in [0.3, 0.4) is 0 Å². The third-order valence-electron chi connectivity index (χ3n) is 4.57. The molecule has 1 saturated heterocycles. The zero-order chi connectivity index (χ0) is 18.8. The van der Waals surface area contributed by atoms with Gasteiger partial charge in [-0.15, -0.1) is 21.5 Å². The Morgan fingerprint density at radius 1 is 1.26 bits per heavy atom. The quantitative estimate of drug-likeness (QED) is 0.671. The normalized spacial score (nSPS) is 16.6. The third kappa shape index (κ3) is 4.07. The number of Topliss-reactive ketones (excluding diaryl/α,β-unsaturated/α-hetero) is 1. The zero-order valence-electron chi connectivity index (χ0n) is 15.3. The van der Waals surface area contributed by atoms with E-state index in [9.17, 15) is 4.79 Å². The molecule has 1 aliphatic rings. The van der Waals surface area contributed by atoms with Crippen molar-refractivity contribution in [3.63, 3.8) is 0 Å². The van der Waals surface area contributed by atoms with Gasteiger partial charge in [-0.25, -0.2) is 9.97 Å². The minimum atomic E-state index is 0.0828. The highest BCUT2D eigenvalue weighted by molar-refractivity contribution is 7.19. The molecule has 0 aliphatic carbocycles. The average molecular weight is 404 g/mol. The summed E-state index contributed by atoms with van der Waals surface area (Å²) in [5, 5.41) is 14.1. The van der Waals surface area contributed by atoms with Gasteiger partial charge in [0.15, 0.2) is 5.65 Å². The molecular weight excluding hydrogens is 382 g/mol. The van der Waals surface area contributed by atoms with Gasteiger partial charge in [0.25, 0.3) is 0 Å². The minimum Gasteiger partial charge on any atom is -0.353 e. The highest BCUT2D eigenvalue weighted by Gasteiger charge is 2.26. The predicted octanol–water partition coefficient (Wildman–Crippen LogP) is 2.43. The van der Waals surface area contributed by atoms with Crippen molar-refractivity contribution >= 4 is 49.1 Å². The average Bonchev–Trinajstić information content (AvgIpc) is 3.33. The monoisotopic (exact) mass is 403 g/mol. The molecule has 10 heteroatoms. The molecule has 27 heavy (non-hydrogen) atoms. The molecule has 0 spiro atoms. The summed E-state index contributed by atoms with van der Waals surface area (Å²) in [4.78, 5) is 24.8. The molecule has 4 heterocycles. The summed E-state index contributed by atoms with van der Waals surface area (Å²) in [6, 6.07) is 4.30. The van der Waals surface area contributed by atoms with Crippen LogP contribution in [-0.4, -0.2) is 63.6 Å². The van der Waals surface area contributed by atoms with E-state index >= 15 is 0 Å². The van der Waals surface area contributed by atoms with Gasteiger partial charge in [0.2, 0.25) is 10.3 Å². The first kappa shape index (κ1) is 18.2. The number of piperazine rings is 1. The van der Waals surface area contributed by atoms with Crippen LogP contribution in [-0.2, 0) is 4.79 Å².